The van der Waals surface area contributed by atoms with E-state index in [0.29, 0.717) is 27.1 Å². The Morgan fingerprint density at radius 1 is 1.11 bits per heavy atom. The minimum absolute atomic E-state index is 0.146. The molecule has 27 heavy (non-hydrogen) atoms. The van der Waals surface area contributed by atoms with Crippen LogP contribution in [0.15, 0.2) is 48.5 Å². The average molecular weight is 385 g/mol. The largest absolute Gasteiger partial charge is 0.480 e. The quantitative estimate of drug-likeness (QED) is 0.680. The van der Waals surface area contributed by atoms with Gasteiger partial charge in [-0.2, -0.15) is 0 Å². The molecule has 0 aliphatic carbocycles. The molecule has 1 heterocycles. The predicted molar refractivity (Wildman–Crippen MR) is 102 cm³/mol. The molecule has 7 heteroatoms. The maximum atomic E-state index is 12.3. The Balaban J connectivity index is 1.97. The molecule has 0 saturated heterocycles. The summed E-state index contributed by atoms with van der Waals surface area (Å²) >= 11 is 6.21. The zero-order valence-corrected chi connectivity index (χ0v) is 15.5. The van der Waals surface area contributed by atoms with Crippen molar-refractivity contribution in [2.75, 3.05) is 14.2 Å². The first-order valence-electron chi connectivity index (χ1n) is 8.12. The van der Waals surface area contributed by atoms with Crippen molar-refractivity contribution in [2.45, 2.75) is 6.54 Å². The van der Waals surface area contributed by atoms with Crippen LogP contribution in [0.3, 0.4) is 0 Å². The lowest BCUT2D eigenvalue weighted by Gasteiger charge is -2.12. The number of esters is 1. The number of nitrogens with zero attached hydrogens (tertiary/aromatic N) is 1. The van der Waals surface area contributed by atoms with Gasteiger partial charge in [0.25, 0.3) is 5.91 Å². The van der Waals surface area contributed by atoms with Crippen molar-refractivity contribution in [3.63, 3.8) is 0 Å². The fourth-order valence-electron chi connectivity index (χ4n) is 2.72. The highest BCUT2D eigenvalue weighted by atomic mass is 35.5. The van der Waals surface area contributed by atoms with E-state index >= 15 is 0 Å². The van der Waals surface area contributed by atoms with E-state index in [0.717, 1.165) is 0 Å². The predicted octanol–water partition coefficient (Wildman–Crippen LogP) is 3.61. The highest BCUT2D eigenvalue weighted by Crippen LogP contribution is 2.28. The molecule has 0 saturated carbocycles. The van der Waals surface area contributed by atoms with Gasteiger partial charge in [0.15, 0.2) is 0 Å². The lowest BCUT2D eigenvalue weighted by Crippen LogP contribution is -2.23. The van der Waals surface area contributed by atoms with E-state index in [9.17, 15) is 9.59 Å². The Bertz CT molecular complexity index is 1010. The number of hydrogen-bond acceptors (Lipinski definition) is 5. The lowest BCUT2D eigenvalue weighted by atomic mass is 10.1. The number of hydrogen-bond donors (Lipinski definition) is 1. The SMILES string of the molecule is COC(=O)c1cc2cc(Cl)cc(CNC(=O)c3ccccc3)c2nc1OC. The molecule has 0 aliphatic rings. The third-order valence-electron chi connectivity index (χ3n) is 4.00. The summed E-state index contributed by atoms with van der Waals surface area (Å²) in [5.41, 5.74) is 2.05. The van der Waals surface area contributed by atoms with Crippen LogP contribution in [-0.4, -0.2) is 31.1 Å². The van der Waals surface area contributed by atoms with Crippen molar-refractivity contribution in [1.82, 2.24) is 10.3 Å². The molecule has 3 aromatic rings. The van der Waals surface area contributed by atoms with Gasteiger partial charge in [-0.25, -0.2) is 9.78 Å². The zero-order valence-electron chi connectivity index (χ0n) is 14.8. The molecule has 1 N–H and O–H groups in total. The van der Waals surface area contributed by atoms with Crippen molar-refractivity contribution in [3.05, 3.63) is 70.2 Å². The van der Waals surface area contributed by atoms with Crippen LogP contribution < -0.4 is 10.1 Å². The summed E-state index contributed by atoms with van der Waals surface area (Å²) in [6.45, 7) is 0.221. The maximum absolute atomic E-state index is 12.3. The number of pyridine rings is 1. The van der Waals surface area contributed by atoms with Crippen LogP contribution in [0.4, 0.5) is 0 Å². The summed E-state index contributed by atoms with van der Waals surface area (Å²) in [4.78, 5) is 28.7. The molecule has 0 fully saturated rings. The van der Waals surface area contributed by atoms with Gasteiger partial charge < -0.3 is 14.8 Å². The second-order valence-electron chi connectivity index (χ2n) is 5.72. The van der Waals surface area contributed by atoms with Crippen molar-refractivity contribution in [1.29, 1.82) is 0 Å². The van der Waals surface area contributed by atoms with Crippen LogP contribution in [0.2, 0.25) is 5.02 Å². The van der Waals surface area contributed by atoms with Crippen molar-refractivity contribution < 1.29 is 19.1 Å². The monoisotopic (exact) mass is 384 g/mol. The van der Waals surface area contributed by atoms with Gasteiger partial charge >= 0.3 is 5.97 Å². The summed E-state index contributed by atoms with van der Waals surface area (Å²) in [5, 5.41) is 3.96. The van der Waals surface area contributed by atoms with Gasteiger partial charge in [-0.3, -0.25) is 4.79 Å². The van der Waals surface area contributed by atoms with E-state index < -0.39 is 5.97 Å². The molecule has 2 aromatic carbocycles. The summed E-state index contributed by atoms with van der Waals surface area (Å²) in [5.74, 6) is -0.616. The van der Waals surface area contributed by atoms with Crippen molar-refractivity contribution in [3.8, 4) is 5.88 Å². The third-order valence-corrected chi connectivity index (χ3v) is 4.22. The molecule has 0 aliphatic heterocycles. The average Bonchev–Trinajstić information content (AvgIpc) is 2.70. The third kappa shape index (κ3) is 4.01. The Hall–Kier alpha value is -3.12. The first-order valence-corrected chi connectivity index (χ1v) is 8.50. The Labute approximate surface area is 161 Å². The number of fused-ring (bicyclic) bond motifs is 1. The molecule has 0 bridgehead atoms. The van der Waals surface area contributed by atoms with E-state index in [1.165, 1.54) is 14.2 Å². The molecule has 0 atom stereocenters. The van der Waals surface area contributed by atoms with Gasteiger partial charge in [-0.1, -0.05) is 29.8 Å². The van der Waals surface area contributed by atoms with Gasteiger partial charge in [0.1, 0.15) is 5.56 Å². The minimum atomic E-state index is -0.555. The first kappa shape index (κ1) is 18.7. The zero-order chi connectivity index (χ0) is 19.4. The van der Waals surface area contributed by atoms with Crippen molar-refractivity contribution >= 4 is 34.4 Å². The maximum Gasteiger partial charge on any atom is 0.343 e. The number of halogens is 1. The molecule has 138 valence electrons. The minimum Gasteiger partial charge on any atom is -0.480 e. The smallest absolute Gasteiger partial charge is 0.343 e. The van der Waals surface area contributed by atoms with E-state index in [2.05, 4.69) is 10.3 Å². The molecular formula is C20H17ClN2O4. The van der Waals surface area contributed by atoms with Crippen LogP contribution in [0, 0.1) is 0 Å². The number of methoxy groups -OCH3 is 2. The van der Waals surface area contributed by atoms with Crippen LogP contribution in [0.1, 0.15) is 26.3 Å². The van der Waals surface area contributed by atoms with E-state index in [1.54, 1.807) is 42.5 Å². The molecular weight excluding hydrogens is 368 g/mol. The van der Waals surface area contributed by atoms with Crippen molar-refractivity contribution in [2.24, 2.45) is 0 Å². The highest BCUT2D eigenvalue weighted by molar-refractivity contribution is 6.31. The summed E-state index contributed by atoms with van der Waals surface area (Å²) in [6.07, 6.45) is 0. The standard InChI is InChI=1S/C20H17ClN2O4/c1-26-19-16(20(25)27-2)10-13-8-15(21)9-14(17(13)23-19)11-22-18(24)12-6-4-3-5-7-12/h3-10H,11H2,1-2H3,(H,22,24). The van der Waals surface area contributed by atoms with E-state index in [1.807, 2.05) is 6.07 Å². The molecule has 1 aromatic heterocycles. The van der Waals surface area contributed by atoms with Gasteiger partial charge in [0.2, 0.25) is 5.88 Å². The van der Waals surface area contributed by atoms with Crippen LogP contribution >= 0.6 is 11.6 Å². The molecule has 3 rings (SSSR count). The molecule has 0 radical (unpaired) electrons. The lowest BCUT2D eigenvalue weighted by molar-refractivity contribution is 0.0596. The first-order chi connectivity index (χ1) is 13.0. The number of aromatic nitrogens is 1. The molecule has 1 amide bonds. The Morgan fingerprint density at radius 2 is 1.85 bits per heavy atom. The number of nitrogens with one attached hydrogen (secondary N) is 1. The normalized spacial score (nSPS) is 10.5. The van der Waals surface area contributed by atoms with Crippen LogP contribution in [0.25, 0.3) is 10.9 Å². The second-order valence-corrected chi connectivity index (χ2v) is 6.16. The van der Waals surface area contributed by atoms with Gasteiger partial charge in [0.05, 0.1) is 19.7 Å². The fraction of sp³-hybridized carbons (Fsp3) is 0.150. The summed E-state index contributed by atoms with van der Waals surface area (Å²) in [7, 11) is 2.71. The molecule has 6 nitrogen and oxygen atoms in total. The number of carbonyl (C=O) groups excluding carboxylic acids is 2. The Kier molecular flexibility index (Phi) is 5.57. The number of ether oxygens (including phenoxy) is 2. The van der Waals surface area contributed by atoms with E-state index in [-0.39, 0.29) is 23.9 Å². The second kappa shape index (κ2) is 8.05. The van der Waals surface area contributed by atoms with Crippen LogP contribution in [0.5, 0.6) is 5.88 Å². The summed E-state index contributed by atoms with van der Waals surface area (Å²) < 4.78 is 9.99. The topological polar surface area (TPSA) is 77.5 Å². The molecule has 0 spiro atoms. The highest BCUT2D eigenvalue weighted by Gasteiger charge is 2.18. The van der Waals surface area contributed by atoms with E-state index in [4.69, 9.17) is 21.1 Å². The fourth-order valence-corrected chi connectivity index (χ4v) is 2.97. The van der Waals surface area contributed by atoms with Gasteiger partial charge in [-0.05, 0) is 35.9 Å². The molecule has 0 unspecified atom stereocenters. The number of rotatable bonds is 5. The number of benzene rings is 2. The summed E-state index contributed by atoms with van der Waals surface area (Å²) in [6, 6.07) is 13.9. The number of amides is 1. The van der Waals surface area contributed by atoms with Gasteiger partial charge in [0, 0.05) is 22.5 Å². The number of carbonyl (C=O) groups is 2. The Morgan fingerprint density at radius 3 is 2.52 bits per heavy atom. The van der Waals surface area contributed by atoms with Gasteiger partial charge in [-0.15, -0.1) is 0 Å². The van der Waals surface area contributed by atoms with Crippen LogP contribution in [-0.2, 0) is 11.3 Å².